The van der Waals surface area contributed by atoms with Crippen LogP contribution in [0.5, 0.6) is 0 Å². The second-order valence-corrected chi connectivity index (χ2v) is 6.23. The molecule has 1 aliphatic rings. The van der Waals surface area contributed by atoms with Gasteiger partial charge in [-0.05, 0) is 38.0 Å². The van der Waals surface area contributed by atoms with Gasteiger partial charge in [-0.3, -0.25) is 4.90 Å². The normalized spacial score (nSPS) is 22.6. The van der Waals surface area contributed by atoms with Gasteiger partial charge in [0.1, 0.15) is 11.6 Å². The maximum Gasteiger partial charge on any atom is 0.123 e. The van der Waals surface area contributed by atoms with Gasteiger partial charge < -0.3 is 9.67 Å². The Morgan fingerprint density at radius 3 is 2.95 bits per heavy atom. The SMILES string of the molecule is CC(C)n1ccnc1CN1C[C@@H](O)C[C@@H]1c1cccc(F)c1. The maximum absolute atomic E-state index is 13.5. The van der Waals surface area contributed by atoms with Crippen LogP contribution in [0, 0.1) is 5.82 Å². The fourth-order valence-corrected chi connectivity index (χ4v) is 3.23. The first kappa shape index (κ1) is 15.2. The molecule has 4 nitrogen and oxygen atoms in total. The molecule has 1 aromatic heterocycles. The Labute approximate surface area is 130 Å². The molecular formula is C17H22FN3O. The topological polar surface area (TPSA) is 41.3 Å². The van der Waals surface area contributed by atoms with Gasteiger partial charge in [0, 0.05) is 31.0 Å². The lowest BCUT2D eigenvalue weighted by Gasteiger charge is -2.25. The van der Waals surface area contributed by atoms with Crippen LogP contribution in [-0.2, 0) is 6.54 Å². The molecule has 2 aromatic rings. The van der Waals surface area contributed by atoms with Crippen LogP contribution in [0.3, 0.4) is 0 Å². The standard InChI is InChI=1S/C17H22FN3O/c1-12(2)21-7-6-19-17(21)11-20-10-15(22)9-16(20)13-4-3-5-14(18)8-13/h3-8,12,15-16,22H,9-11H2,1-2H3/t15-,16+/m0/s1. The largest absolute Gasteiger partial charge is 0.392 e. The molecule has 0 unspecified atom stereocenters. The van der Waals surface area contributed by atoms with Crippen molar-refractivity contribution in [2.75, 3.05) is 6.54 Å². The van der Waals surface area contributed by atoms with Gasteiger partial charge in [-0.1, -0.05) is 12.1 Å². The molecule has 1 fully saturated rings. The molecular weight excluding hydrogens is 281 g/mol. The van der Waals surface area contributed by atoms with Crippen LogP contribution >= 0.6 is 0 Å². The zero-order valence-electron chi connectivity index (χ0n) is 13.0. The van der Waals surface area contributed by atoms with Crippen molar-refractivity contribution in [3.05, 3.63) is 53.9 Å². The molecule has 2 atom stereocenters. The third-order valence-electron chi connectivity index (χ3n) is 4.26. The molecule has 5 heteroatoms. The van der Waals surface area contributed by atoms with Crippen molar-refractivity contribution in [2.24, 2.45) is 0 Å². The van der Waals surface area contributed by atoms with E-state index in [1.165, 1.54) is 6.07 Å². The van der Waals surface area contributed by atoms with E-state index in [4.69, 9.17) is 0 Å². The summed E-state index contributed by atoms with van der Waals surface area (Å²) in [6, 6.07) is 7.03. The number of halogens is 1. The average molecular weight is 303 g/mol. The zero-order chi connectivity index (χ0) is 15.7. The smallest absolute Gasteiger partial charge is 0.123 e. The van der Waals surface area contributed by atoms with E-state index in [9.17, 15) is 9.50 Å². The molecule has 1 saturated heterocycles. The Morgan fingerprint density at radius 1 is 1.41 bits per heavy atom. The summed E-state index contributed by atoms with van der Waals surface area (Å²) in [5.74, 6) is 0.744. The van der Waals surface area contributed by atoms with Crippen molar-refractivity contribution in [2.45, 2.75) is 45.0 Å². The summed E-state index contributed by atoms with van der Waals surface area (Å²) in [5, 5.41) is 10.0. The van der Waals surface area contributed by atoms with E-state index >= 15 is 0 Å². The van der Waals surface area contributed by atoms with E-state index in [2.05, 4.69) is 28.3 Å². The second kappa shape index (κ2) is 6.18. The number of β-amino-alcohol motifs (C(OH)–C–C–N with tert-alkyl or cyclic N) is 1. The number of likely N-dealkylation sites (tertiary alicyclic amines) is 1. The summed E-state index contributed by atoms with van der Waals surface area (Å²) in [7, 11) is 0. The predicted octanol–water partition coefficient (Wildman–Crippen LogP) is 2.91. The molecule has 0 amide bonds. The molecule has 0 aliphatic carbocycles. The number of aromatic nitrogens is 2. The molecule has 1 aliphatic heterocycles. The molecule has 0 radical (unpaired) electrons. The Hall–Kier alpha value is -1.72. The third-order valence-corrected chi connectivity index (χ3v) is 4.26. The minimum absolute atomic E-state index is 0.0306. The lowest BCUT2D eigenvalue weighted by molar-refractivity contribution is 0.170. The fourth-order valence-electron chi connectivity index (χ4n) is 3.23. The number of hydrogen-bond donors (Lipinski definition) is 1. The van der Waals surface area contributed by atoms with Gasteiger partial charge >= 0.3 is 0 Å². The lowest BCUT2D eigenvalue weighted by atomic mass is 10.0. The van der Waals surface area contributed by atoms with E-state index in [1.54, 1.807) is 18.3 Å². The first-order valence-corrected chi connectivity index (χ1v) is 7.74. The first-order chi connectivity index (χ1) is 10.5. The van der Waals surface area contributed by atoms with Crippen molar-refractivity contribution >= 4 is 0 Å². The minimum atomic E-state index is -0.379. The average Bonchev–Trinajstić information content (AvgIpc) is 3.06. The van der Waals surface area contributed by atoms with Gasteiger partial charge in [0.2, 0.25) is 0 Å². The van der Waals surface area contributed by atoms with Crippen LogP contribution in [0.4, 0.5) is 4.39 Å². The highest BCUT2D eigenvalue weighted by Gasteiger charge is 2.33. The Bertz CT molecular complexity index is 640. The molecule has 0 saturated carbocycles. The number of benzene rings is 1. The van der Waals surface area contributed by atoms with E-state index in [1.807, 2.05) is 12.3 Å². The van der Waals surface area contributed by atoms with Crippen molar-refractivity contribution < 1.29 is 9.50 Å². The van der Waals surface area contributed by atoms with Crippen molar-refractivity contribution in [1.82, 2.24) is 14.5 Å². The van der Waals surface area contributed by atoms with E-state index in [0.29, 0.717) is 25.6 Å². The highest BCUT2D eigenvalue weighted by atomic mass is 19.1. The summed E-state index contributed by atoms with van der Waals surface area (Å²) >= 11 is 0. The summed E-state index contributed by atoms with van der Waals surface area (Å²) in [4.78, 5) is 6.62. The lowest BCUT2D eigenvalue weighted by Crippen LogP contribution is -2.26. The van der Waals surface area contributed by atoms with Gasteiger partial charge in [-0.2, -0.15) is 0 Å². The number of nitrogens with zero attached hydrogens (tertiary/aromatic N) is 3. The monoisotopic (exact) mass is 303 g/mol. The summed E-state index contributed by atoms with van der Waals surface area (Å²) in [5.41, 5.74) is 0.916. The molecule has 118 valence electrons. The van der Waals surface area contributed by atoms with Gasteiger partial charge in [-0.15, -0.1) is 0 Å². The van der Waals surface area contributed by atoms with Crippen molar-refractivity contribution in [1.29, 1.82) is 0 Å². The number of aliphatic hydroxyl groups excluding tert-OH is 1. The van der Waals surface area contributed by atoms with Crippen LogP contribution in [0.15, 0.2) is 36.7 Å². The molecule has 22 heavy (non-hydrogen) atoms. The first-order valence-electron chi connectivity index (χ1n) is 7.74. The zero-order valence-corrected chi connectivity index (χ0v) is 13.0. The number of hydrogen-bond acceptors (Lipinski definition) is 3. The van der Waals surface area contributed by atoms with E-state index < -0.39 is 0 Å². The predicted molar refractivity (Wildman–Crippen MR) is 82.8 cm³/mol. The van der Waals surface area contributed by atoms with Gasteiger partial charge in [0.25, 0.3) is 0 Å². The van der Waals surface area contributed by atoms with Crippen LogP contribution in [0.1, 0.15) is 43.7 Å². The number of imidazole rings is 1. The Balaban J connectivity index is 1.83. The summed E-state index contributed by atoms with van der Waals surface area (Å²) in [6.07, 6.45) is 4.03. The quantitative estimate of drug-likeness (QED) is 0.944. The highest BCUT2D eigenvalue weighted by molar-refractivity contribution is 5.22. The maximum atomic E-state index is 13.5. The van der Waals surface area contributed by atoms with Crippen molar-refractivity contribution in [3.8, 4) is 0 Å². The van der Waals surface area contributed by atoms with Gasteiger partial charge in [-0.25, -0.2) is 9.37 Å². The number of aliphatic hydroxyl groups is 1. The minimum Gasteiger partial charge on any atom is -0.392 e. The molecule has 2 heterocycles. The van der Waals surface area contributed by atoms with Gasteiger partial charge in [0.15, 0.2) is 0 Å². The summed E-state index contributed by atoms with van der Waals surface area (Å²) < 4.78 is 15.6. The van der Waals surface area contributed by atoms with Crippen LogP contribution < -0.4 is 0 Å². The second-order valence-electron chi connectivity index (χ2n) is 6.23. The number of rotatable bonds is 4. The molecule has 0 bridgehead atoms. The van der Waals surface area contributed by atoms with Crippen LogP contribution in [0.25, 0.3) is 0 Å². The Kier molecular flexibility index (Phi) is 4.27. The van der Waals surface area contributed by atoms with Crippen LogP contribution in [-0.4, -0.2) is 32.2 Å². The fraction of sp³-hybridized carbons (Fsp3) is 0.471. The summed E-state index contributed by atoms with van der Waals surface area (Å²) in [6.45, 7) is 5.48. The molecule has 3 rings (SSSR count). The van der Waals surface area contributed by atoms with E-state index in [-0.39, 0.29) is 18.0 Å². The molecule has 1 N–H and O–H groups in total. The van der Waals surface area contributed by atoms with Crippen LogP contribution in [0.2, 0.25) is 0 Å². The molecule has 0 spiro atoms. The third kappa shape index (κ3) is 3.05. The van der Waals surface area contributed by atoms with Gasteiger partial charge in [0.05, 0.1) is 12.6 Å². The van der Waals surface area contributed by atoms with Crippen molar-refractivity contribution in [3.63, 3.8) is 0 Å². The Morgan fingerprint density at radius 2 is 2.23 bits per heavy atom. The highest BCUT2D eigenvalue weighted by Crippen LogP contribution is 2.33. The molecule has 1 aromatic carbocycles. The van der Waals surface area contributed by atoms with E-state index in [0.717, 1.165) is 11.4 Å².